The van der Waals surface area contributed by atoms with Crippen molar-refractivity contribution in [3.05, 3.63) is 38.8 Å². The van der Waals surface area contributed by atoms with Crippen molar-refractivity contribution in [2.24, 2.45) is 0 Å². The molecule has 0 atom stereocenters. The highest BCUT2D eigenvalue weighted by Gasteiger charge is 2.07. The summed E-state index contributed by atoms with van der Waals surface area (Å²) >= 11 is 17.0. The smallest absolute Gasteiger partial charge is 0.220 e. The first-order chi connectivity index (χ1) is 12.0. The Balaban J connectivity index is 1.65. The second-order valence-corrected chi connectivity index (χ2v) is 6.55. The Morgan fingerprint density at radius 2 is 2.24 bits per heavy atom. The molecule has 0 aliphatic carbocycles. The van der Waals surface area contributed by atoms with Crippen molar-refractivity contribution in [1.29, 1.82) is 0 Å². The van der Waals surface area contributed by atoms with Crippen molar-refractivity contribution in [3.8, 4) is 5.75 Å². The number of carbonyl (C=O) groups is 1. The Morgan fingerprint density at radius 3 is 2.96 bits per heavy atom. The molecule has 2 aromatic rings. The van der Waals surface area contributed by atoms with E-state index in [1.807, 2.05) is 11.5 Å². The third-order valence-electron chi connectivity index (χ3n) is 3.52. The van der Waals surface area contributed by atoms with Gasteiger partial charge in [0.15, 0.2) is 4.77 Å². The van der Waals surface area contributed by atoms with Gasteiger partial charge >= 0.3 is 0 Å². The van der Waals surface area contributed by atoms with Gasteiger partial charge in [-0.05, 0) is 43.8 Å². The van der Waals surface area contributed by atoms with E-state index in [0.717, 1.165) is 12.4 Å². The van der Waals surface area contributed by atoms with Crippen LogP contribution in [0.5, 0.6) is 5.75 Å². The van der Waals surface area contributed by atoms with Gasteiger partial charge in [0.2, 0.25) is 5.91 Å². The monoisotopic (exact) mass is 402 g/mol. The van der Waals surface area contributed by atoms with Crippen LogP contribution in [0.3, 0.4) is 0 Å². The highest BCUT2D eigenvalue weighted by atomic mass is 35.5. The fourth-order valence-electron chi connectivity index (χ4n) is 2.28. The van der Waals surface area contributed by atoms with Crippen LogP contribution in [-0.4, -0.2) is 33.8 Å². The van der Waals surface area contributed by atoms with Gasteiger partial charge in [-0.2, -0.15) is 5.10 Å². The van der Waals surface area contributed by atoms with E-state index in [1.165, 1.54) is 0 Å². The minimum atomic E-state index is -0.0250. The summed E-state index contributed by atoms with van der Waals surface area (Å²) in [5.74, 6) is 1.38. The lowest BCUT2D eigenvalue weighted by molar-refractivity contribution is -0.121. The molecule has 25 heavy (non-hydrogen) atoms. The highest BCUT2D eigenvalue weighted by molar-refractivity contribution is 7.71. The van der Waals surface area contributed by atoms with Gasteiger partial charge in [0.25, 0.3) is 0 Å². The molecule has 0 aliphatic heterocycles. The van der Waals surface area contributed by atoms with E-state index in [1.54, 1.807) is 18.2 Å². The van der Waals surface area contributed by atoms with Crippen LogP contribution in [0.1, 0.15) is 25.6 Å². The molecule has 1 aromatic heterocycles. The molecule has 0 bridgehead atoms. The summed E-state index contributed by atoms with van der Waals surface area (Å²) in [5, 5.41) is 10.8. The number of amides is 1. The van der Waals surface area contributed by atoms with E-state index in [0.29, 0.717) is 53.0 Å². The first-order valence-electron chi connectivity index (χ1n) is 8.00. The van der Waals surface area contributed by atoms with Gasteiger partial charge in [-0.3, -0.25) is 9.89 Å². The van der Waals surface area contributed by atoms with Gasteiger partial charge in [0, 0.05) is 31.0 Å². The molecule has 6 nitrogen and oxygen atoms in total. The number of hydrogen-bond acceptors (Lipinski definition) is 4. The largest absolute Gasteiger partial charge is 0.492 e. The van der Waals surface area contributed by atoms with Gasteiger partial charge in [0.1, 0.15) is 11.6 Å². The molecule has 0 fully saturated rings. The minimum Gasteiger partial charge on any atom is -0.492 e. The third kappa shape index (κ3) is 6.02. The Morgan fingerprint density at radius 1 is 1.44 bits per heavy atom. The van der Waals surface area contributed by atoms with Gasteiger partial charge < -0.3 is 14.6 Å². The maximum atomic E-state index is 11.9. The van der Waals surface area contributed by atoms with E-state index in [9.17, 15) is 4.79 Å². The number of aromatic amines is 1. The molecule has 1 heterocycles. The second kappa shape index (κ2) is 9.79. The molecular formula is C16H20Cl2N4O2S. The average molecular weight is 403 g/mol. The van der Waals surface area contributed by atoms with Crippen LogP contribution in [0, 0.1) is 4.77 Å². The number of hydrogen-bond donors (Lipinski definition) is 2. The molecule has 2 N–H and O–H groups in total. The van der Waals surface area contributed by atoms with Crippen molar-refractivity contribution in [1.82, 2.24) is 20.1 Å². The zero-order chi connectivity index (χ0) is 18.2. The van der Waals surface area contributed by atoms with Crippen molar-refractivity contribution in [3.63, 3.8) is 0 Å². The molecule has 9 heteroatoms. The Labute approximate surface area is 161 Å². The summed E-state index contributed by atoms with van der Waals surface area (Å²) in [6.45, 7) is 3.68. The first kappa shape index (κ1) is 19.8. The number of nitrogens with one attached hydrogen (secondary N) is 2. The normalized spacial score (nSPS) is 10.7. The quantitative estimate of drug-likeness (QED) is 0.494. The van der Waals surface area contributed by atoms with Gasteiger partial charge in [-0.25, -0.2) is 0 Å². The third-order valence-corrected chi connectivity index (χ3v) is 4.37. The lowest BCUT2D eigenvalue weighted by Gasteiger charge is -2.09. The molecule has 1 aromatic carbocycles. The maximum Gasteiger partial charge on any atom is 0.220 e. The van der Waals surface area contributed by atoms with Crippen LogP contribution in [0.15, 0.2) is 18.2 Å². The van der Waals surface area contributed by atoms with Gasteiger partial charge in [-0.15, -0.1) is 0 Å². The van der Waals surface area contributed by atoms with E-state index < -0.39 is 0 Å². The van der Waals surface area contributed by atoms with Gasteiger partial charge in [0.05, 0.1) is 11.6 Å². The standard InChI is InChI=1S/C16H20Cl2N4O2S/c1-2-22-14(20-21-16(22)25)7-8-19-15(23)4-3-9-24-13-6-5-11(17)10-12(13)18/h5-6,10H,2-4,7-9H2,1H3,(H,19,23)(H,21,25). The zero-order valence-electron chi connectivity index (χ0n) is 13.8. The van der Waals surface area contributed by atoms with E-state index in [4.69, 9.17) is 40.2 Å². The summed E-state index contributed by atoms with van der Waals surface area (Å²) < 4.78 is 8.06. The summed E-state index contributed by atoms with van der Waals surface area (Å²) in [6.07, 6.45) is 1.61. The summed E-state index contributed by atoms with van der Waals surface area (Å²) in [5.41, 5.74) is 0. The number of ether oxygens (including phenoxy) is 1. The summed E-state index contributed by atoms with van der Waals surface area (Å²) in [6, 6.07) is 5.05. The fraction of sp³-hybridized carbons (Fsp3) is 0.438. The van der Waals surface area contributed by atoms with Crippen LogP contribution in [0.4, 0.5) is 0 Å². The molecular weight excluding hydrogens is 383 g/mol. The molecule has 0 saturated heterocycles. The highest BCUT2D eigenvalue weighted by Crippen LogP contribution is 2.27. The SMILES string of the molecule is CCn1c(CCNC(=O)CCCOc2ccc(Cl)cc2Cl)n[nH]c1=S. The van der Waals surface area contributed by atoms with Crippen molar-refractivity contribution < 1.29 is 9.53 Å². The van der Waals surface area contributed by atoms with Crippen molar-refractivity contribution in [2.75, 3.05) is 13.2 Å². The number of halogens is 2. The fourth-order valence-corrected chi connectivity index (χ4v) is 3.02. The number of aromatic nitrogens is 3. The summed E-state index contributed by atoms with van der Waals surface area (Å²) in [4.78, 5) is 11.9. The Hall–Kier alpha value is -1.57. The van der Waals surface area contributed by atoms with Gasteiger partial charge in [-0.1, -0.05) is 23.2 Å². The Kier molecular flexibility index (Phi) is 7.74. The molecule has 136 valence electrons. The van der Waals surface area contributed by atoms with Crippen LogP contribution in [-0.2, 0) is 17.8 Å². The van der Waals surface area contributed by atoms with E-state index in [-0.39, 0.29) is 5.91 Å². The zero-order valence-corrected chi connectivity index (χ0v) is 16.2. The number of carbonyl (C=O) groups excluding carboxylic acids is 1. The molecule has 2 rings (SSSR count). The first-order valence-corrected chi connectivity index (χ1v) is 9.16. The molecule has 1 amide bonds. The number of H-pyrrole nitrogens is 1. The second-order valence-electron chi connectivity index (χ2n) is 5.32. The van der Waals surface area contributed by atoms with Crippen LogP contribution in [0.25, 0.3) is 0 Å². The molecule has 0 saturated carbocycles. The van der Waals surface area contributed by atoms with Crippen LogP contribution >= 0.6 is 35.4 Å². The lowest BCUT2D eigenvalue weighted by Crippen LogP contribution is -2.26. The van der Waals surface area contributed by atoms with Crippen molar-refractivity contribution in [2.45, 2.75) is 32.7 Å². The van der Waals surface area contributed by atoms with Crippen molar-refractivity contribution >= 4 is 41.3 Å². The lowest BCUT2D eigenvalue weighted by atomic mass is 10.3. The number of nitrogens with zero attached hydrogens (tertiary/aromatic N) is 2. The van der Waals surface area contributed by atoms with E-state index >= 15 is 0 Å². The van der Waals surface area contributed by atoms with E-state index in [2.05, 4.69) is 15.5 Å². The molecule has 0 spiro atoms. The number of rotatable bonds is 9. The van der Waals surface area contributed by atoms with Crippen LogP contribution in [0.2, 0.25) is 10.0 Å². The maximum absolute atomic E-state index is 11.9. The topological polar surface area (TPSA) is 71.9 Å². The predicted molar refractivity (Wildman–Crippen MR) is 101 cm³/mol. The average Bonchev–Trinajstić information content (AvgIpc) is 2.93. The Bertz CT molecular complexity index is 776. The predicted octanol–water partition coefficient (Wildman–Crippen LogP) is 3.79. The van der Waals surface area contributed by atoms with Crippen LogP contribution < -0.4 is 10.1 Å². The summed E-state index contributed by atoms with van der Waals surface area (Å²) in [7, 11) is 0. The molecule has 0 aliphatic rings. The molecule has 0 unspecified atom stereocenters. The molecule has 0 radical (unpaired) electrons. The number of benzene rings is 1. The minimum absolute atomic E-state index is 0.0250.